The number of rotatable bonds is 6. The fraction of sp³-hybridized carbons (Fsp3) is 0.389. The fourth-order valence-electron chi connectivity index (χ4n) is 3.15. The molecule has 1 amide bonds. The number of fused-ring (bicyclic) bond motifs is 1. The molecule has 1 aromatic heterocycles. The van der Waals surface area contributed by atoms with Gasteiger partial charge in [-0.05, 0) is 43.4 Å². The second-order valence-corrected chi connectivity index (χ2v) is 6.36. The number of hydrogen-bond acceptors (Lipinski definition) is 3. The third-order valence-corrected chi connectivity index (χ3v) is 4.50. The van der Waals surface area contributed by atoms with Crippen LogP contribution in [0, 0.1) is 11.6 Å². The first kappa shape index (κ1) is 18.0. The number of aliphatic carboxylic acids is 1. The number of hydrogen-bond donors (Lipinski definition) is 2. The van der Waals surface area contributed by atoms with Gasteiger partial charge < -0.3 is 10.0 Å². The average molecular weight is 363 g/mol. The summed E-state index contributed by atoms with van der Waals surface area (Å²) in [5, 5.41) is 15.9. The highest BCUT2D eigenvalue weighted by Gasteiger charge is 2.26. The number of aryl methyl sites for hydroxylation is 1. The highest BCUT2D eigenvalue weighted by molar-refractivity contribution is 5.94. The third kappa shape index (κ3) is 3.89. The number of carbonyl (C=O) groups excluding carboxylic acids is 1. The average Bonchev–Trinajstić information content (AvgIpc) is 3.05. The zero-order valence-electron chi connectivity index (χ0n) is 14.1. The van der Waals surface area contributed by atoms with Gasteiger partial charge in [-0.1, -0.05) is 6.07 Å². The fourth-order valence-corrected chi connectivity index (χ4v) is 3.15. The molecule has 1 aromatic carbocycles. The van der Waals surface area contributed by atoms with E-state index in [0.29, 0.717) is 5.56 Å². The number of H-pyrrole nitrogens is 1. The molecule has 6 nitrogen and oxygen atoms in total. The smallest absolute Gasteiger partial charge is 0.305 e. The molecular weight excluding hydrogens is 344 g/mol. The zero-order valence-corrected chi connectivity index (χ0v) is 14.1. The van der Waals surface area contributed by atoms with Gasteiger partial charge in [0.2, 0.25) is 0 Å². The Balaban J connectivity index is 1.85. The second kappa shape index (κ2) is 7.63. The Bertz CT molecular complexity index is 835. The molecule has 3 rings (SSSR count). The summed E-state index contributed by atoms with van der Waals surface area (Å²) in [6.45, 7) is -0.0697. The Labute approximate surface area is 148 Å². The summed E-state index contributed by atoms with van der Waals surface area (Å²) in [6.07, 6.45) is 3.31. The Hall–Kier alpha value is -2.77. The van der Waals surface area contributed by atoms with Crippen molar-refractivity contribution in [1.82, 2.24) is 15.1 Å². The molecule has 2 aromatic rings. The van der Waals surface area contributed by atoms with E-state index in [0.717, 1.165) is 49.1 Å². The summed E-state index contributed by atoms with van der Waals surface area (Å²) in [6, 6.07) is 3.37. The number of benzene rings is 1. The lowest BCUT2D eigenvalue weighted by Crippen LogP contribution is -2.33. The van der Waals surface area contributed by atoms with E-state index in [1.807, 2.05) is 0 Å². The normalized spacial score (nSPS) is 13.3. The van der Waals surface area contributed by atoms with Gasteiger partial charge in [-0.15, -0.1) is 0 Å². The van der Waals surface area contributed by atoms with Crippen molar-refractivity contribution in [3.8, 4) is 0 Å². The number of amides is 1. The monoisotopic (exact) mass is 363 g/mol. The molecular formula is C18H19F2N3O3. The van der Waals surface area contributed by atoms with Crippen LogP contribution >= 0.6 is 0 Å². The number of carboxylic acid groups (broad SMARTS) is 1. The minimum Gasteiger partial charge on any atom is -0.481 e. The number of carboxylic acids is 1. The largest absolute Gasteiger partial charge is 0.481 e. The van der Waals surface area contributed by atoms with E-state index in [9.17, 15) is 18.4 Å². The van der Waals surface area contributed by atoms with Crippen LogP contribution in [-0.2, 0) is 24.2 Å². The third-order valence-electron chi connectivity index (χ3n) is 4.50. The molecule has 0 aliphatic heterocycles. The number of carbonyl (C=O) groups is 2. The molecule has 1 heterocycles. The zero-order chi connectivity index (χ0) is 18.7. The maximum absolute atomic E-state index is 13.5. The van der Waals surface area contributed by atoms with E-state index < -0.39 is 23.5 Å². The maximum Gasteiger partial charge on any atom is 0.305 e. The van der Waals surface area contributed by atoms with E-state index in [1.165, 1.54) is 11.0 Å². The number of aromatic amines is 1. The van der Waals surface area contributed by atoms with Gasteiger partial charge in [-0.3, -0.25) is 14.7 Å². The molecule has 2 N–H and O–H groups in total. The predicted molar refractivity (Wildman–Crippen MR) is 88.6 cm³/mol. The minimum atomic E-state index is -1.04. The Kier molecular flexibility index (Phi) is 5.29. The van der Waals surface area contributed by atoms with Gasteiger partial charge in [0, 0.05) is 24.3 Å². The van der Waals surface area contributed by atoms with Crippen LogP contribution in [0.3, 0.4) is 0 Å². The summed E-state index contributed by atoms with van der Waals surface area (Å²) in [7, 11) is 0. The van der Waals surface area contributed by atoms with Crippen molar-refractivity contribution in [3.63, 3.8) is 0 Å². The Morgan fingerprint density at radius 1 is 1.19 bits per heavy atom. The molecule has 0 saturated heterocycles. The summed E-state index contributed by atoms with van der Waals surface area (Å²) >= 11 is 0. The summed E-state index contributed by atoms with van der Waals surface area (Å²) in [5.74, 6) is -3.43. The molecule has 0 radical (unpaired) electrons. The first-order chi connectivity index (χ1) is 12.5. The molecule has 0 atom stereocenters. The number of nitrogens with one attached hydrogen (secondary N) is 1. The highest BCUT2D eigenvalue weighted by atomic mass is 19.2. The van der Waals surface area contributed by atoms with E-state index in [-0.39, 0.29) is 25.2 Å². The van der Waals surface area contributed by atoms with Crippen molar-refractivity contribution in [2.45, 2.75) is 38.6 Å². The van der Waals surface area contributed by atoms with Crippen molar-refractivity contribution in [2.75, 3.05) is 6.54 Å². The van der Waals surface area contributed by atoms with Gasteiger partial charge >= 0.3 is 5.97 Å². The quantitative estimate of drug-likeness (QED) is 0.826. The van der Waals surface area contributed by atoms with Crippen LogP contribution in [0.2, 0.25) is 0 Å². The van der Waals surface area contributed by atoms with Gasteiger partial charge in [-0.2, -0.15) is 5.10 Å². The molecule has 0 unspecified atom stereocenters. The lowest BCUT2D eigenvalue weighted by molar-refractivity contribution is -0.137. The molecule has 1 aliphatic rings. The SMILES string of the molecule is O=C(O)CCN(Cc1ccc(F)c(F)c1)C(=O)c1n[nH]c2c1CCCC2. The molecule has 26 heavy (non-hydrogen) atoms. The maximum atomic E-state index is 13.5. The molecule has 0 bridgehead atoms. The lowest BCUT2D eigenvalue weighted by atomic mass is 9.95. The van der Waals surface area contributed by atoms with Crippen molar-refractivity contribution in [1.29, 1.82) is 0 Å². The first-order valence-electron chi connectivity index (χ1n) is 8.47. The van der Waals surface area contributed by atoms with Gasteiger partial charge in [0.15, 0.2) is 17.3 Å². The van der Waals surface area contributed by atoms with E-state index in [2.05, 4.69) is 10.2 Å². The molecule has 0 fully saturated rings. The molecule has 8 heteroatoms. The van der Waals surface area contributed by atoms with Crippen LogP contribution in [-0.4, -0.2) is 38.6 Å². The molecule has 138 valence electrons. The lowest BCUT2D eigenvalue weighted by Gasteiger charge is -2.22. The van der Waals surface area contributed by atoms with Crippen molar-refractivity contribution >= 4 is 11.9 Å². The summed E-state index contributed by atoms with van der Waals surface area (Å²) in [5.41, 5.74) is 2.47. The van der Waals surface area contributed by atoms with Crippen LogP contribution < -0.4 is 0 Å². The number of nitrogens with zero attached hydrogens (tertiary/aromatic N) is 2. The van der Waals surface area contributed by atoms with Crippen molar-refractivity contribution in [3.05, 3.63) is 52.3 Å². The van der Waals surface area contributed by atoms with E-state index in [4.69, 9.17) is 5.11 Å². The highest BCUT2D eigenvalue weighted by Crippen LogP contribution is 2.24. The second-order valence-electron chi connectivity index (χ2n) is 6.36. The first-order valence-corrected chi connectivity index (χ1v) is 8.47. The van der Waals surface area contributed by atoms with Crippen molar-refractivity contribution in [2.24, 2.45) is 0 Å². The summed E-state index contributed by atoms with van der Waals surface area (Å²) < 4.78 is 26.6. The van der Waals surface area contributed by atoms with Crippen LogP contribution in [0.4, 0.5) is 8.78 Å². The predicted octanol–water partition coefficient (Wildman–Crippen LogP) is 2.68. The molecule has 1 aliphatic carbocycles. The number of aromatic nitrogens is 2. The Morgan fingerprint density at radius 2 is 1.96 bits per heavy atom. The van der Waals surface area contributed by atoms with Gasteiger partial charge in [0.25, 0.3) is 5.91 Å². The van der Waals surface area contributed by atoms with Gasteiger partial charge in [-0.25, -0.2) is 8.78 Å². The van der Waals surface area contributed by atoms with Gasteiger partial charge in [0.1, 0.15) is 0 Å². The molecule has 0 saturated carbocycles. The topological polar surface area (TPSA) is 86.3 Å². The van der Waals surface area contributed by atoms with Crippen LogP contribution in [0.15, 0.2) is 18.2 Å². The van der Waals surface area contributed by atoms with E-state index in [1.54, 1.807) is 0 Å². The number of halogens is 2. The molecule has 0 spiro atoms. The van der Waals surface area contributed by atoms with Gasteiger partial charge in [0.05, 0.1) is 6.42 Å². The Morgan fingerprint density at radius 3 is 2.69 bits per heavy atom. The minimum absolute atomic E-state index is 0.0229. The van der Waals surface area contributed by atoms with Crippen LogP contribution in [0.1, 0.15) is 46.6 Å². The summed E-state index contributed by atoms with van der Waals surface area (Å²) in [4.78, 5) is 25.2. The van der Waals surface area contributed by atoms with Crippen molar-refractivity contribution < 1.29 is 23.5 Å². The van der Waals surface area contributed by atoms with Crippen LogP contribution in [0.5, 0.6) is 0 Å². The standard InChI is InChI=1S/C18H19F2N3O3/c19-13-6-5-11(9-14(13)20)10-23(8-7-16(24)25)18(26)17-12-3-1-2-4-15(12)21-22-17/h5-6,9H,1-4,7-8,10H2,(H,21,22)(H,24,25). The van der Waals surface area contributed by atoms with Crippen LogP contribution in [0.25, 0.3) is 0 Å². The van der Waals surface area contributed by atoms with E-state index >= 15 is 0 Å².